The molecule has 1 N–H and O–H groups in total. The number of carboxylic acids is 1. The van der Waals surface area contributed by atoms with Crippen LogP contribution in [0, 0.1) is 11.8 Å². The molecule has 5 heteroatoms. The summed E-state index contributed by atoms with van der Waals surface area (Å²) in [6.45, 7) is 4.35. The summed E-state index contributed by atoms with van der Waals surface area (Å²) in [5.41, 5.74) is 0. The molecule has 0 radical (unpaired) electrons. The molecule has 0 aromatic carbocycles. The fourth-order valence-electron chi connectivity index (χ4n) is 2.11. The Morgan fingerprint density at radius 1 is 1.69 bits per heavy atom. The van der Waals surface area contributed by atoms with E-state index in [0.717, 1.165) is 6.42 Å². The van der Waals surface area contributed by atoms with Crippen molar-refractivity contribution in [2.24, 2.45) is 11.8 Å². The number of hydrogen-bond donors (Lipinski definition) is 2. The van der Waals surface area contributed by atoms with Crippen molar-refractivity contribution in [3.8, 4) is 0 Å². The predicted octanol–water partition coefficient (Wildman–Crippen LogP) is 1.26. The van der Waals surface area contributed by atoms with E-state index < -0.39 is 12.0 Å². The average molecular weight is 245 g/mol. The molecule has 0 aromatic rings. The van der Waals surface area contributed by atoms with Gasteiger partial charge in [-0.05, 0) is 17.6 Å². The Hall–Kier alpha value is -0.710. The highest BCUT2D eigenvalue weighted by molar-refractivity contribution is 7.80. The smallest absolute Gasteiger partial charge is 0.326 e. The number of nitrogens with zero attached hydrogens (tertiary/aromatic N) is 1. The predicted molar refractivity (Wildman–Crippen MR) is 64.6 cm³/mol. The topological polar surface area (TPSA) is 57.6 Å². The molecule has 1 amide bonds. The van der Waals surface area contributed by atoms with Crippen LogP contribution in [0.4, 0.5) is 0 Å². The molecule has 0 aromatic heterocycles. The SMILES string of the molecule is CCC(C)C(C(=O)O)N1CC(CS)CC1=O. The third kappa shape index (κ3) is 2.70. The van der Waals surface area contributed by atoms with E-state index in [1.165, 1.54) is 4.90 Å². The minimum absolute atomic E-state index is 0.0138. The van der Waals surface area contributed by atoms with Crippen molar-refractivity contribution in [2.45, 2.75) is 32.7 Å². The number of hydrogen-bond acceptors (Lipinski definition) is 3. The molecule has 3 atom stereocenters. The molecule has 3 unspecified atom stereocenters. The van der Waals surface area contributed by atoms with Crippen molar-refractivity contribution in [2.75, 3.05) is 12.3 Å². The van der Waals surface area contributed by atoms with Gasteiger partial charge in [-0.2, -0.15) is 12.6 Å². The molecule has 0 aliphatic carbocycles. The second-order valence-electron chi connectivity index (χ2n) is 4.47. The molecule has 0 bridgehead atoms. The number of likely N-dealkylation sites (tertiary alicyclic amines) is 1. The van der Waals surface area contributed by atoms with Gasteiger partial charge < -0.3 is 10.0 Å². The van der Waals surface area contributed by atoms with Crippen molar-refractivity contribution in [1.82, 2.24) is 4.90 Å². The summed E-state index contributed by atoms with van der Waals surface area (Å²) in [4.78, 5) is 24.5. The number of carboxylic acid groups (broad SMARTS) is 1. The van der Waals surface area contributed by atoms with Crippen LogP contribution in [0.15, 0.2) is 0 Å². The van der Waals surface area contributed by atoms with Gasteiger partial charge in [0.2, 0.25) is 5.91 Å². The first-order valence-electron chi connectivity index (χ1n) is 5.64. The van der Waals surface area contributed by atoms with Crippen LogP contribution in [-0.4, -0.2) is 40.2 Å². The van der Waals surface area contributed by atoms with Crippen LogP contribution >= 0.6 is 12.6 Å². The zero-order chi connectivity index (χ0) is 12.3. The maximum atomic E-state index is 11.7. The fraction of sp³-hybridized carbons (Fsp3) is 0.818. The summed E-state index contributed by atoms with van der Waals surface area (Å²) in [5.74, 6) is -0.133. The Kier molecular flexibility index (Phi) is 4.65. The number of carbonyl (C=O) groups excluding carboxylic acids is 1. The lowest BCUT2D eigenvalue weighted by atomic mass is 9.98. The van der Waals surface area contributed by atoms with E-state index in [0.29, 0.717) is 18.7 Å². The largest absolute Gasteiger partial charge is 0.480 e. The van der Waals surface area contributed by atoms with Gasteiger partial charge in [0.25, 0.3) is 0 Å². The van der Waals surface area contributed by atoms with E-state index in [1.54, 1.807) is 0 Å². The Morgan fingerprint density at radius 2 is 2.31 bits per heavy atom. The maximum absolute atomic E-state index is 11.7. The zero-order valence-corrected chi connectivity index (χ0v) is 10.6. The van der Waals surface area contributed by atoms with Crippen LogP contribution < -0.4 is 0 Å². The van der Waals surface area contributed by atoms with Crippen molar-refractivity contribution in [3.05, 3.63) is 0 Å². The summed E-state index contributed by atoms with van der Waals surface area (Å²) in [6, 6.07) is -0.678. The monoisotopic (exact) mass is 245 g/mol. The van der Waals surface area contributed by atoms with E-state index >= 15 is 0 Å². The van der Waals surface area contributed by atoms with Crippen LogP contribution in [-0.2, 0) is 9.59 Å². The van der Waals surface area contributed by atoms with Crippen LogP contribution in [0.5, 0.6) is 0 Å². The Bertz CT molecular complexity index is 282. The van der Waals surface area contributed by atoms with E-state index in [1.807, 2.05) is 13.8 Å². The minimum Gasteiger partial charge on any atom is -0.480 e. The van der Waals surface area contributed by atoms with Gasteiger partial charge in [0.1, 0.15) is 6.04 Å². The Morgan fingerprint density at radius 3 is 2.69 bits per heavy atom. The molecular formula is C11H19NO3S. The fourth-order valence-corrected chi connectivity index (χ4v) is 2.35. The number of amides is 1. The van der Waals surface area contributed by atoms with Gasteiger partial charge in [-0.15, -0.1) is 0 Å². The van der Waals surface area contributed by atoms with Crippen molar-refractivity contribution < 1.29 is 14.7 Å². The van der Waals surface area contributed by atoms with E-state index in [9.17, 15) is 14.7 Å². The number of aliphatic carboxylic acids is 1. The number of carbonyl (C=O) groups is 2. The minimum atomic E-state index is -0.900. The lowest BCUT2D eigenvalue weighted by molar-refractivity contribution is -0.150. The summed E-state index contributed by atoms with van der Waals surface area (Å²) >= 11 is 4.17. The highest BCUT2D eigenvalue weighted by atomic mass is 32.1. The molecule has 1 rings (SSSR count). The van der Waals surface area contributed by atoms with Crippen LogP contribution in [0.3, 0.4) is 0 Å². The first-order chi connectivity index (χ1) is 7.51. The molecule has 1 heterocycles. The summed E-state index contributed by atoms with van der Waals surface area (Å²) in [5, 5.41) is 9.20. The van der Waals surface area contributed by atoms with E-state index in [-0.39, 0.29) is 17.7 Å². The van der Waals surface area contributed by atoms with Gasteiger partial charge in [-0.1, -0.05) is 20.3 Å². The van der Waals surface area contributed by atoms with Crippen molar-refractivity contribution in [3.63, 3.8) is 0 Å². The normalized spacial score (nSPS) is 24.6. The molecule has 1 fully saturated rings. The van der Waals surface area contributed by atoms with E-state index in [2.05, 4.69) is 12.6 Å². The molecule has 0 spiro atoms. The first-order valence-corrected chi connectivity index (χ1v) is 6.27. The lowest BCUT2D eigenvalue weighted by Crippen LogP contribution is -2.46. The maximum Gasteiger partial charge on any atom is 0.326 e. The van der Waals surface area contributed by atoms with Crippen LogP contribution in [0.2, 0.25) is 0 Å². The molecule has 0 saturated carbocycles. The van der Waals surface area contributed by atoms with Gasteiger partial charge in [0.05, 0.1) is 0 Å². The van der Waals surface area contributed by atoms with Crippen molar-refractivity contribution >= 4 is 24.5 Å². The van der Waals surface area contributed by atoms with E-state index in [4.69, 9.17) is 0 Å². The van der Waals surface area contributed by atoms with Gasteiger partial charge in [-0.25, -0.2) is 4.79 Å². The average Bonchev–Trinajstić information content (AvgIpc) is 2.59. The zero-order valence-electron chi connectivity index (χ0n) is 9.72. The molecule has 16 heavy (non-hydrogen) atoms. The molecule has 1 saturated heterocycles. The van der Waals surface area contributed by atoms with Crippen molar-refractivity contribution in [1.29, 1.82) is 0 Å². The standard InChI is InChI=1S/C11H19NO3S/c1-3-7(2)10(11(14)15)12-5-8(6-16)4-9(12)13/h7-8,10,16H,3-6H2,1-2H3,(H,14,15). The Labute approximate surface area is 101 Å². The third-order valence-electron chi connectivity index (χ3n) is 3.27. The van der Waals surface area contributed by atoms with Gasteiger partial charge in [0, 0.05) is 13.0 Å². The quantitative estimate of drug-likeness (QED) is 0.717. The molecule has 1 aliphatic heterocycles. The molecule has 92 valence electrons. The molecule has 4 nitrogen and oxygen atoms in total. The van der Waals surface area contributed by atoms with Gasteiger partial charge >= 0.3 is 5.97 Å². The highest BCUT2D eigenvalue weighted by Gasteiger charge is 2.39. The summed E-state index contributed by atoms with van der Waals surface area (Å²) < 4.78 is 0. The lowest BCUT2D eigenvalue weighted by Gasteiger charge is -2.29. The molecular weight excluding hydrogens is 226 g/mol. The highest BCUT2D eigenvalue weighted by Crippen LogP contribution is 2.25. The third-order valence-corrected chi connectivity index (χ3v) is 3.78. The van der Waals surface area contributed by atoms with Crippen LogP contribution in [0.25, 0.3) is 0 Å². The number of rotatable bonds is 5. The number of thiol groups is 1. The Balaban J connectivity index is 2.80. The first kappa shape index (κ1) is 13.4. The van der Waals surface area contributed by atoms with Gasteiger partial charge in [-0.3, -0.25) is 4.79 Å². The summed E-state index contributed by atoms with van der Waals surface area (Å²) in [6.07, 6.45) is 1.19. The van der Waals surface area contributed by atoms with Crippen LogP contribution in [0.1, 0.15) is 26.7 Å². The molecule has 1 aliphatic rings. The second kappa shape index (κ2) is 5.57. The van der Waals surface area contributed by atoms with Gasteiger partial charge in [0.15, 0.2) is 0 Å². The second-order valence-corrected chi connectivity index (χ2v) is 4.83. The summed E-state index contributed by atoms with van der Waals surface area (Å²) in [7, 11) is 0.